The van der Waals surface area contributed by atoms with Gasteiger partial charge in [0.05, 0.1) is 18.4 Å². The van der Waals surface area contributed by atoms with E-state index in [0.717, 1.165) is 6.92 Å². The second-order valence-corrected chi connectivity index (χ2v) is 4.01. The van der Waals surface area contributed by atoms with E-state index in [-0.39, 0.29) is 6.54 Å². The molecule has 0 saturated heterocycles. The normalized spacial score (nSPS) is 13.5. The maximum absolute atomic E-state index is 11.7. The minimum Gasteiger partial charge on any atom is -0.479 e. The number of aliphatic carboxylic acids is 1. The monoisotopic (exact) mass is 253 g/mol. The number of aromatic nitrogens is 1. The second-order valence-electron chi connectivity index (χ2n) is 4.01. The first-order valence-electron chi connectivity index (χ1n) is 5.22. The molecule has 98 valence electrons. The number of nitrogens with zero attached hydrogens (tertiary/aromatic N) is 2. The van der Waals surface area contributed by atoms with Crippen LogP contribution in [0.5, 0.6) is 0 Å². The van der Waals surface area contributed by atoms with Crippen LogP contribution in [-0.2, 0) is 4.79 Å². The van der Waals surface area contributed by atoms with Crippen molar-refractivity contribution < 1.29 is 19.8 Å². The van der Waals surface area contributed by atoms with Gasteiger partial charge in [0.2, 0.25) is 0 Å². The number of hydrogen-bond acceptors (Lipinski definition) is 4. The number of nitrogens with one attached hydrogen (secondary N) is 1. The van der Waals surface area contributed by atoms with Crippen molar-refractivity contribution in [3.05, 3.63) is 24.5 Å². The van der Waals surface area contributed by atoms with Gasteiger partial charge < -0.3 is 15.5 Å². The predicted molar refractivity (Wildman–Crippen MR) is 64.3 cm³/mol. The molecule has 0 aliphatic carbocycles. The van der Waals surface area contributed by atoms with Crippen molar-refractivity contribution in [3.63, 3.8) is 0 Å². The van der Waals surface area contributed by atoms with Gasteiger partial charge in [-0.2, -0.15) is 0 Å². The summed E-state index contributed by atoms with van der Waals surface area (Å²) in [5.74, 6) is -1.40. The molecule has 0 fully saturated rings. The van der Waals surface area contributed by atoms with Crippen molar-refractivity contribution in [3.8, 4) is 0 Å². The van der Waals surface area contributed by atoms with Gasteiger partial charge >= 0.3 is 12.0 Å². The summed E-state index contributed by atoms with van der Waals surface area (Å²) in [7, 11) is 1.52. The quantitative estimate of drug-likeness (QED) is 0.704. The predicted octanol–water partition coefficient (Wildman–Crippen LogP) is 0.0630. The van der Waals surface area contributed by atoms with Crippen LogP contribution in [0.15, 0.2) is 24.5 Å². The van der Waals surface area contributed by atoms with Crippen molar-refractivity contribution in [1.82, 2.24) is 10.3 Å². The highest BCUT2D eigenvalue weighted by molar-refractivity contribution is 5.91. The molecule has 0 saturated carbocycles. The molecule has 1 aromatic rings. The maximum Gasteiger partial charge on any atom is 0.337 e. The van der Waals surface area contributed by atoms with Crippen LogP contribution in [0.2, 0.25) is 0 Å². The molecule has 18 heavy (non-hydrogen) atoms. The molecule has 1 unspecified atom stereocenters. The van der Waals surface area contributed by atoms with Gasteiger partial charge in [0.15, 0.2) is 5.60 Å². The Balaban J connectivity index is 2.59. The molecule has 2 amide bonds. The zero-order valence-corrected chi connectivity index (χ0v) is 10.1. The molecule has 0 aromatic carbocycles. The van der Waals surface area contributed by atoms with Gasteiger partial charge in [0, 0.05) is 13.2 Å². The van der Waals surface area contributed by atoms with Crippen LogP contribution in [-0.4, -0.2) is 46.4 Å². The topological polar surface area (TPSA) is 103 Å². The van der Waals surface area contributed by atoms with E-state index in [1.807, 2.05) is 0 Å². The smallest absolute Gasteiger partial charge is 0.337 e. The lowest BCUT2D eigenvalue weighted by molar-refractivity contribution is -0.155. The molecule has 1 aromatic heterocycles. The number of hydrogen-bond donors (Lipinski definition) is 3. The third-order valence-corrected chi connectivity index (χ3v) is 2.38. The minimum absolute atomic E-state index is 0.383. The van der Waals surface area contributed by atoms with E-state index in [1.165, 1.54) is 18.1 Å². The lowest BCUT2D eigenvalue weighted by Crippen LogP contribution is -2.49. The molecule has 0 aliphatic heterocycles. The highest BCUT2D eigenvalue weighted by atomic mass is 16.4. The average molecular weight is 253 g/mol. The van der Waals surface area contributed by atoms with Crippen LogP contribution >= 0.6 is 0 Å². The Morgan fingerprint density at radius 3 is 2.72 bits per heavy atom. The van der Waals surface area contributed by atoms with Gasteiger partial charge in [-0.15, -0.1) is 0 Å². The number of carboxylic acid groups (broad SMARTS) is 1. The molecule has 0 aliphatic rings. The van der Waals surface area contributed by atoms with E-state index < -0.39 is 17.6 Å². The van der Waals surface area contributed by atoms with Crippen LogP contribution in [0, 0.1) is 0 Å². The standard InChI is InChI=1S/C11H15N3O4/c1-11(18,9(15)16)7-13-10(17)14(2)8-4-3-5-12-6-8/h3-6,18H,7H2,1-2H3,(H,13,17)(H,15,16). The zero-order chi connectivity index (χ0) is 13.8. The second kappa shape index (κ2) is 5.46. The average Bonchev–Trinajstić information content (AvgIpc) is 2.36. The largest absolute Gasteiger partial charge is 0.479 e. The molecule has 1 atom stereocenters. The lowest BCUT2D eigenvalue weighted by atomic mass is 10.1. The summed E-state index contributed by atoms with van der Waals surface area (Å²) in [6.45, 7) is 0.728. The van der Waals surface area contributed by atoms with Gasteiger partial charge in [-0.3, -0.25) is 9.88 Å². The van der Waals surface area contributed by atoms with Crippen LogP contribution < -0.4 is 10.2 Å². The van der Waals surface area contributed by atoms with Gasteiger partial charge in [-0.1, -0.05) is 0 Å². The fraction of sp³-hybridized carbons (Fsp3) is 0.364. The van der Waals surface area contributed by atoms with Crippen LogP contribution in [0.4, 0.5) is 10.5 Å². The van der Waals surface area contributed by atoms with Crippen LogP contribution in [0.25, 0.3) is 0 Å². The van der Waals surface area contributed by atoms with Gasteiger partial charge in [-0.05, 0) is 19.1 Å². The Labute approximate surface area is 104 Å². The summed E-state index contributed by atoms with van der Waals surface area (Å²) >= 11 is 0. The van der Waals surface area contributed by atoms with E-state index >= 15 is 0 Å². The fourth-order valence-corrected chi connectivity index (χ4v) is 1.11. The van der Waals surface area contributed by atoms with Crippen LogP contribution in [0.1, 0.15) is 6.92 Å². The third kappa shape index (κ3) is 3.42. The van der Waals surface area contributed by atoms with E-state index in [2.05, 4.69) is 10.3 Å². The molecule has 0 bridgehead atoms. The number of pyridine rings is 1. The number of urea groups is 1. The highest BCUT2D eigenvalue weighted by Gasteiger charge is 2.30. The molecule has 1 rings (SSSR count). The Bertz CT molecular complexity index is 433. The Kier molecular flexibility index (Phi) is 4.22. The van der Waals surface area contributed by atoms with E-state index in [1.54, 1.807) is 18.3 Å². The Morgan fingerprint density at radius 2 is 2.22 bits per heavy atom. The van der Waals surface area contributed by atoms with E-state index in [9.17, 15) is 14.7 Å². The lowest BCUT2D eigenvalue weighted by Gasteiger charge is -2.22. The van der Waals surface area contributed by atoms with E-state index in [0.29, 0.717) is 5.69 Å². The molecule has 0 radical (unpaired) electrons. The zero-order valence-electron chi connectivity index (χ0n) is 10.1. The first kappa shape index (κ1) is 13.9. The summed E-state index contributed by atoms with van der Waals surface area (Å²) in [5.41, 5.74) is -1.43. The number of rotatable bonds is 4. The molecule has 1 heterocycles. The maximum atomic E-state index is 11.7. The molecular weight excluding hydrogens is 238 g/mol. The highest BCUT2D eigenvalue weighted by Crippen LogP contribution is 2.09. The Hall–Kier alpha value is -2.15. The van der Waals surface area contributed by atoms with Gasteiger partial charge in [0.1, 0.15) is 0 Å². The van der Waals surface area contributed by atoms with Crippen molar-refractivity contribution in [2.75, 3.05) is 18.5 Å². The summed E-state index contributed by atoms with van der Waals surface area (Å²) in [6.07, 6.45) is 3.07. The van der Waals surface area contributed by atoms with Crippen molar-refractivity contribution >= 4 is 17.7 Å². The van der Waals surface area contributed by atoms with Gasteiger partial charge in [0.25, 0.3) is 0 Å². The van der Waals surface area contributed by atoms with Crippen molar-refractivity contribution in [2.45, 2.75) is 12.5 Å². The molecule has 7 heteroatoms. The summed E-state index contributed by atoms with van der Waals surface area (Å²) < 4.78 is 0. The van der Waals surface area contributed by atoms with Crippen LogP contribution in [0.3, 0.4) is 0 Å². The van der Waals surface area contributed by atoms with Crippen molar-refractivity contribution in [2.24, 2.45) is 0 Å². The summed E-state index contributed by atoms with van der Waals surface area (Å²) in [6, 6.07) is 2.83. The molecule has 7 nitrogen and oxygen atoms in total. The van der Waals surface area contributed by atoms with Crippen molar-refractivity contribution in [1.29, 1.82) is 0 Å². The number of carboxylic acids is 1. The number of amides is 2. The number of anilines is 1. The molecule has 0 spiro atoms. The summed E-state index contributed by atoms with van der Waals surface area (Å²) in [4.78, 5) is 27.5. The number of carbonyl (C=O) groups is 2. The number of aliphatic hydroxyl groups is 1. The summed E-state index contributed by atoms with van der Waals surface area (Å²) in [5, 5.41) is 20.5. The first-order valence-corrected chi connectivity index (χ1v) is 5.22. The third-order valence-electron chi connectivity index (χ3n) is 2.38. The Morgan fingerprint density at radius 1 is 1.56 bits per heavy atom. The number of carbonyl (C=O) groups excluding carboxylic acids is 1. The van der Waals surface area contributed by atoms with E-state index in [4.69, 9.17) is 5.11 Å². The van der Waals surface area contributed by atoms with Gasteiger partial charge in [-0.25, -0.2) is 9.59 Å². The molecule has 3 N–H and O–H groups in total. The fourth-order valence-electron chi connectivity index (χ4n) is 1.11. The SMILES string of the molecule is CN(C(=O)NCC(C)(O)C(=O)O)c1cccnc1. The molecular formula is C11H15N3O4. The first-order chi connectivity index (χ1) is 8.34. The minimum atomic E-state index is -1.99.